The minimum atomic E-state index is -0.902. The van der Waals surface area contributed by atoms with Crippen LogP contribution in [-0.2, 0) is 4.79 Å². The second kappa shape index (κ2) is 6.56. The summed E-state index contributed by atoms with van der Waals surface area (Å²) in [6, 6.07) is 17.3. The van der Waals surface area contributed by atoms with E-state index < -0.39 is 11.8 Å². The number of nitrogens with one attached hydrogen (secondary N) is 1. The fraction of sp³-hybridized carbons (Fsp3) is 0.0625. The highest BCUT2D eigenvalue weighted by Crippen LogP contribution is 2.22. The zero-order chi connectivity index (χ0) is 15.2. The molecule has 0 aliphatic carbocycles. The third-order valence-corrected chi connectivity index (χ3v) is 3.19. The van der Waals surface area contributed by atoms with Gasteiger partial charge in [0.25, 0.3) is 0 Å². The van der Waals surface area contributed by atoms with E-state index in [1.807, 2.05) is 18.2 Å². The summed E-state index contributed by atoms with van der Waals surface area (Å²) in [6.45, 7) is 0. The first-order valence-electron chi connectivity index (χ1n) is 6.11. The van der Waals surface area contributed by atoms with Gasteiger partial charge in [0.05, 0.1) is 16.7 Å². The fourth-order valence-corrected chi connectivity index (χ4v) is 2.05. The van der Waals surface area contributed by atoms with Crippen LogP contribution < -0.4 is 5.32 Å². The summed E-state index contributed by atoms with van der Waals surface area (Å²) in [7, 11) is 0. The number of hydrogen-bond donors (Lipinski definition) is 1. The number of nitrogens with zero attached hydrogens (tertiary/aromatic N) is 2. The first-order chi connectivity index (χ1) is 10.2. The van der Waals surface area contributed by atoms with Crippen molar-refractivity contribution in [2.45, 2.75) is 5.92 Å². The van der Waals surface area contributed by atoms with Gasteiger partial charge in [-0.15, -0.1) is 0 Å². The molecular weight excluding hydrogens is 286 g/mol. The van der Waals surface area contributed by atoms with E-state index >= 15 is 0 Å². The molecule has 0 aliphatic heterocycles. The number of hydrogen-bond acceptors (Lipinski definition) is 3. The molecular formula is C16H10ClN3O. The normalized spacial score (nSPS) is 11.0. The Bertz CT molecular complexity index is 744. The number of amides is 1. The van der Waals surface area contributed by atoms with Gasteiger partial charge in [0.1, 0.15) is 6.07 Å². The summed E-state index contributed by atoms with van der Waals surface area (Å²) in [5, 5.41) is 20.9. The van der Waals surface area contributed by atoms with Crippen molar-refractivity contribution in [3.05, 3.63) is 64.7 Å². The van der Waals surface area contributed by atoms with Crippen LogP contribution in [0.1, 0.15) is 17.0 Å². The van der Waals surface area contributed by atoms with Gasteiger partial charge in [0.15, 0.2) is 5.92 Å². The maximum Gasteiger partial charge on any atom is 0.246 e. The summed E-state index contributed by atoms with van der Waals surface area (Å²) < 4.78 is 0. The Morgan fingerprint density at radius 1 is 1.14 bits per heavy atom. The molecule has 0 heterocycles. The van der Waals surface area contributed by atoms with Crippen molar-refractivity contribution in [1.82, 2.24) is 0 Å². The van der Waals surface area contributed by atoms with E-state index in [1.54, 1.807) is 30.3 Å². The lowest BCUT2D eigenvalue weighted by atomic mass is 10.00. The van der Waals surface area contributed by atoms with E-state index in [4.69, 9.17) is 16.9 Å². The standard InChI is InChI=1S/C16H10ClN3O/c17-15-8-13(7-6-12(15)9-18)20-16(21)14(10-19)11-4-2-1-3-5-11/h1-8,14H,(H,20,21). The van der Waals surface area contributed by atoms with Crippen molar-refractivity contribution in [2.24, 2.45) is 0 Å². The number of anilines is 1. The summed E-state index contributed by atoms with van der Waals surface area (Å²) in [6.07, 6.45) is 0. The quantitative estimate of drug-likeness (QED) is 0.942. The Hall–Kier alpha value is -2.82. The Morgan fingerprint density at radius 2 is 1.86 bits per heavy atom. The highest BCUT2D eigenvalue weighted by molar-refractivity contribution is 6.32. The van der Waals surface area contributed by atoms with Crippen LogP contribution in [-0.4, -0.2) is 5.91 Å². The van der Waals surface area contributed by atoms with E-state index in [2.05, 4.69) is 5.32 Å². The lowest BCUT2D eigenvalue weighted by Gasteiger charge is -2.11. The van der Waals surface area contributed by atoms with Crippen molar-refractivity contribution in [2.75, 3.05) is 5.32 Å². The van der Waals surface area contributed by atoms with Gasteiger partial charge in [-0.3, -0.25) is 4.79 Å². The molecule has 0 aromatic heterocycles. The Labute approximate surface area is 127 Å². The molecule has 1 atom stereocenters. The maximum absolute atomic E-state index is 12.2. The molecule has 0 bridgehead atoms. The first-order valence-corrected chi connectivity index (χ1v) is 6.48. The molecule has 2 aromatic rings. The van der Waals surface area contributed by atoms with Crippen molar-refractivity contribution < 1.29 is 4.79 Å². The predicted molar refractivity (Wildman–Crippen MR) is 79.6 cm³/mol. The summed E-state index contributed by atoms with van der Waals surface area (Å²) in [5.74, 6) is -1.34. The van der Waals surface area contributed by atoms with Crippen molar-refractivity contribution >= 4 is 23.2 Å². The van der Waals surface area contributed by atoms with Gasteiger partial charge in [-0.1, -0.05) is 41.9 Å². The van der Waals surface area contributed by atoms with Gasteiger partial charge in [0.2, 0.25) is 5.91 Å². The topological polar surface area (TPSA) is 76.7 Å². The van der Waals surface area contributed by atoms with Gasteiger partial charge in [-0.2, -0.15) is 10.5 Å². The van der Waals surface area contributed by atoms with E-state index in [-0.39, 0.29) is 5.02 Å². The van der Waals surface area contributed by atoms with Crippen LogP contribution in [0.3, 0.4) is 0 Å². The van der Waals surface area contributed by atoms with Crippen LogP contribution in [0.4, 0.5) is 5.69 Å². The van der Waals surface area contributed by atoms with Gasteiger partial charge in [0, 0.05) is 5.69 Å². The largest absolute Gasteiger partial charge is 0.325 e. The van der Waals surface area contributed by atoms with Crippen LogP contribution in [0.2, 0.25) is 5.02 Å². The number of nitriles is 2. The van der Waals surface area contributed by atoms with Gasteiger partial charge in [-0.25, -0.2) is 0 Å². The molecule has 102 valence electrons. The predicted octanol–water partition coefficient (Wildman–Crippen LogP) is 3.46. The van der Waals surface area contributed by atoms with Gasteiger partial charge in [-0.05, 0) is 23.8 Å². The molecule has 1 N–H and O–H groups in total. The van der Waals surface area contributed by atoms with Crippen LogP contribution in [0, 0.1) is 22.7 Å². The van der Waals surface area contributed by atoms with Crippen LogP contribution >= 0.6 is 11.6 Å². The second-order valence-electron chi connectivity index (χ2n) is 4.27. The molecule has 0 radical (unpaired) electrons. The highest BCUT2D eigenvalue weighted by Gasteiger charge is 2.20. The number of benzene rings is 2. The average Bonchev–Trinajstić information content (AvgIpc) is 2.49. The molecule has 2 aromatic carbocycles. The molecule has 5 heteroatoms. The lowest BCUT2D eigenvalue weighted by Crippen LogP contribution is -2.20. The van der Waals surface area contributed by atoms with E-state index in [0.717, 1.165) is 0 Å². The number of carbonyl (C=O) groups excluding carboxylic acids is 1. The molecule has 1 amide bonds. The van der Waals surface area contributed by atoms with Crippen molar-refractivity contribution in [3.63, 3.8) is 0 Å². The molecule has 0 saturated heterocycles. The van der Waals surface area contributed by atoms with Crippen molar-refractivity contribution in [1.29, 1.82) is 10.5 Å². The monoisotopic (exact) mass is 295 g/mol. The Morgan fingerprint density at radius 3 is 2.43 bits per heavy atom. The van der Waals surface area contributed by atoms with E-state index in [0.29, 0.717) is 16.8 Å². The smallest absolute Gasteiger partial charge is 0.246 e. The zero-order valence-corrected chi connectivity index (χ0v) is 11.6. The second-order valence-corrected chi connectivity index (χ2v) is 4.68. The Balaban J connectivity index is 2.20. The molecule has 21 heavy (non-hydrogen) atoms. The fourth-order valence-electron chi connectivity index (χ4n) is 1.83. The number of halogens is 1. The number of rotatable bonds is 3. The minimum absolute atomic E-state index is 0.253. The van der Waals surface area contributed by atoms with Gasteiger partial charge < -0.3 is 5.32 Å². The first kappa shape index (κ1) is 14.6. The third-order valence-electron chi connectivity index (χ3n) is 2.88. The van der Waals surface area contributed by atoms with E-state index in [1.165, 1.54) is 12.1 Å². The molecule has 0 fully saturated rings. The van der Waals surface area contributed by atoms with Gasteiger partial charge >= 0.3 is 0 Å². The summed E-state index contributed by atoms with van der Waals surface area (Å²) in [4.78, 5) is 12.2. The third kappa shape index (κ3) is 3.39. The van der Waals surface area contributed by atoms with Crippen LogP contribution in [0.25, 0.3) is 0 Å². The highest BCUT2D eigenvalue weighted by atomic mass is 35.5. The van der Waals surface area contributed by atoms with Crippen LogP contribution in [0.5, 0.6) is 0 Å². The molecule has 4 nitrogen and oxygen atoms in total. The summed E-state index contributed by atoms with van der Waals surface area (Å²) >= 11 is 5.90. The maximum atomic E-state index is 12.2. The summed E-state index contributed by atoms with van der Waals surface area (Å²) in [5.41, 5.74) is 1.40. The Kier molecular flexibility index (Phi) is 4.56. The number of carbonyl (C=O) groups is 1. The average molecular weight is 296 g/mol. The van der Waals surface area contributed by atoms with Crippen molar-refractivity contribution in [3.8, 4) is 12.1 Å². The molecule has 0 spiro atoms. The minimum Gasteiger partial charge on any atom is -0.325 e. The molecule has 0 aliphatic rings. The van der Waals surface area contributed by atoms with E-state index in [9.17, 15) is 10.1 Å². The lowest BCUT2D eigenvalue weighted by molar-refractivity contribution is -0.116. The molecule has 1 unspecified atom stereocenters. The molecule has 2 rings (SSSR count). The zero-order valence-electron chi connectivity index (χ0n) is 10.9. The SMILES string of the molecule is N#Cc1ccc(NC(=O)C(C#N)c2ccccc2)cc1Cl. The molecule has 0 saturated carbocycles. The van der Waals surface area contributed by atoms with Crippen LogP contribution in [0.15, 0.2) is 48.5 Å².